The minimum Gasteiger partial charge on any atom is -0.316 e. The quantitative estimate of drug-likeness (QED) is 0.774. The number of rotatable bonds is 2. The van der Waals surface area contributed by atoms with Gasteiger partial charge < -0.3 is 5.32 Å². The number of hydrogen-bond donors (Lipinski definition) is 1. The van der Waals surface area contributed by atoms with Gasteiger partial charge in [0.2, 0.25) is 0 Å². The van der Waals surface area contributed by atoms with E-state index < -0.39 is 0 Å². The van der Waals surface area contributed by atoms with Gasteiger partial charge in [0.15, 0.2) is 5.13 Å². The molecule has 90 valence electrons. The number of aryl methyl sites for hydroxylation is 1. The second-order valence-electron chi connectivity index (χ2n) is 3.80. The van der Waals surface area contributed by atoms with Crippen LogP contribution in [0.4, 0.5) is 10.9 Å². The first-order valence-corrected chi connectivity index (χ1v) is 6.52. The van der Waals surface area contributed by atoms with Crippen LogP contribution in [0.5, 0.6) is 0 Å². The molecule has 6 heteroatoms. The van der Waals surface area contributed by atoms with E-state index in [4.69, 9.17) is 11.6 Å². The van der Waals surface area contributed by atoms with Gasteiger partial charge in [0, 0.05) is 16.8 Å². The summed E-state index contributed by atoms with van der Waals surface area (Å²) in [5.41, 5.74) is 1.84. The maximum atomic E-state index is 5.95. The number of anilines is 2. The van der Waals surface area contributed by atoms with E-state index in [2.05, 4.69) is 20.3 Å². The van der Waals surface area contributed by atoms with E-state index in [0.717, 1.165) is 31.9 Å². The van der Waals surface area contributed by atoms with Gasteiger partial charge in [-0.25, -0.2) is 15.0 Å². The summed E-state index contributed by atoms with van der Waals surface area (Å²) >= 11 is 7.49. The summed E-state index contributed by atoms with van der Waals surface area (Å²) in [5.74, 6) is 0.743. The summed E-state index contributed by atoms with van der Waals surface area (Å²) < 4.78 is 1.05. The van der Waals surface area contributed by atoms with E-state index in [1.165, 1.54) is 6.33 Å². The second-order valence-corrected chi connectivity index (χ2v) is 5.27. The van der Waals surface area contributed by atoms with E-state index in [1.807, 2.05) is 31.2 Å². The fourth-order valence-corrected chi connectivity index (χ4v) is 2.73. The predicted molar refractivity (Wildman–Crippen MR) is 74.7 cm³/mol. The Hall–Kier alpha value is -1.72. The molecular formula is C12H9ClN4S. The van der Waals surface area contributed by atoms with Crippen molar-refractivity contribution in [2.75, 3.05) is 5.32 Å². The van der Waals surface area contributed by atoms with E-state index in [9.17, 15) is 0 Å². The Bertz CT molecular complexity index is 710. The lowest BCUT2D eigenvalue weighted by atomic mass is 10.3. The van der Waals surface area contributed by atoms with Crippen LogP contribution in [0.1, 0.15) is 5.69 Å². The molecule has 0 aliphatic carbocycles. The van der Waals surface area contributed by atoms with Crippen LogP contribution in [0.25, 0.3) is 10.2 Å². The summed E-state index contributed by atoms with van der Waals surface area (Å²) in [4.78, 5) is 12.7. The third kappa shape index (κ3) is 2.27. The fourth-order valence-electron chi connectivity index (χ4n) is 1.58. The van der Waals surface area contributed by atoms with Crippen LogP contribution in [-0.4, -0.2) is 15.0 Å². The molecule has 18 heavy (non-hydrogen) atoms. The first-order valence-electron chi connectivity index (χ1n) is 5.32. The maximum Gasteiger partial charge on any atom is 0.189 e. The highest BCUT2D eigenvalue weighted by Gasteiger charge is 2.05. The SMILES string of the molecule is Cc1cc(Nc2nc3ccc(Cl)cc3s2)ncn1. The highest BCUT2D eigenvalue weighted by atomic mass is 35.5. The molecule has 0 radical (unpaired) electrons. The average Bonchev–Trinajstić information content (AvgIpc) is 2.70. The molecule has 3 rings (SSSR count). The molecule has 1 aromatic carbocycles. The average molecular weight is 277 g/mol. The molecule has 0 unspecified atom stereocenters. The molecule has 4 nitrogen and oxygen atoms in total. The summed E-state index contributed by atoms with van der Waals surface area (Å²) in [7, 11) is 0. The maximum absolute atomic E-state index is 5.95. The molecule has 0 saturated heterocycles. The molecule has 3 aromatic rings. The smallest absolute Gasteiger partial charge is 0.189 e. The minimum absolute atomic E-state index is 0.718. The van der Waals surface area contributed by atoms with Crippen LogP contribution < -0.4 is 5.32 Å². The fraction of sp³-hybridized carbons (Fsp3) is 0.0833. The predicted octanol–water partition coefficient (Wildman–Crippen LogP) is 3.79. The molecule has 0 spiro atoms. The van der Waals surface area contributed by atoms with Gasteiger partial charge in [-0.05, 0) is 25.1 Å². The van der Waals surface area contributed by atoms with Crippen molar-refractivity contribution >= 4 is 44.1 Å². The molecule has 0 aliphatic rings. The Balaban J connectivity index is 1.95. The van der Waals surface area contributed by atoms with Gasteiger partial charge in [0.1, 0.15) is 12.1 Å². The van der Waals surface area contributed by atoms with E-state index in [0.29, 0.717) is 0 Å². The zero-order chi connectivity index (χ0) is 12.5. The van der Waals surface area contributed by atoms with Gasteiger partial charge in [-0.2, -0.15) is 0 Å². The Morgan fingerprint density at radius 1 is 1.22 bits per heavy atom. The lowest BCUT2D eigenvalue weighted by molar-refractivity contribution is 1.10. The Labute approximate surface area is 113 Å². The molecule has 0 amide bonds. The largest absolute Gasteiger partial charge is 0.316 e. The normalized spacial score (nSPS) is 10.8. The van der Waals surface area contributed by atoms with Crippen molar-refractivity contribution in [2.24, 2.45) is 0 Å². The van der Waals surface area contributed by atoms with Crippen molar-refractivity contribution in [2.45, 2.75) is 6.92 Å². The van der Waals surface area contributed by atoms with Gasteiger partial charge in [-0.1, -0.05) is 22.9 Å². The molecular weight excluding hydrogens is 268 g/mol. The number of nitrogens with zero attached hydrogens (tertiary/aromatic N) is 3. The minimum atomic E-state index is 0.718. The second kappa shape index (κ2) is 4.51. The number of fused-ring (bicyclic) bond motifs is 1. The Kier molecular flexibility index (Phi) is 2.85. The number of benzene rings is 1. The summed E-state index contributed by atoms with van der Waals surface area (Å²) in [6.07, 6.45) is 1.53. The molecule has 2 aromatic heterocycles. The number of halogens is 1. The molecule has 1 N–H and O–H groups in total. The van der Waals surface area contributed by atoms with Crippen molar-refractivity contribution in [1.82, 2.24) is 15.0 Å². The lowest BCUT2D eigenvalue weighted by Crippen LogP contribution is -1.94. The summed E-state index contributed by atoms with van der Waals surface area (Å²) in [6, 6.07) is 7.52. The summed E-state index contributed by atoms with van der Waals surface area (Å²) in [6.45, 7) is 1.92. The van der Waals surface area contributed by atoms with Crippen LogP contribution >= 0.6 is 22.9 Å². The van der Waals surface area contributed by atoms with Crippen LogP contribution in [-0.2, 0) is 0 Å². The van der Waals surface area contributed by atoms with Gasteiger partial charge in [-0.15, -0.1) is 0 Å². The van der Waals surface area contributed by atoms with Gasteiger partial charge >= 0.3 is 0 Å². The first kappa shape index (κ1) is 11.4. The molecule has 0 saturated carbocycles. The zero-order valence-corrected chi connectivity index (χ0v) is 11.1. The monoisotopic (exact) mass is 276 g/mol. The highest BCUT2D eigenvalue weighted by molar-refractivity contribution is 7.22. The zero-order valence-electron chi connectivity index (χ0n) is 9.51. The lowest BCUT2D eigenvalue weighted by Gasteiger charge is -2.00. The highest BCUT2D eigenvalue weighted by Crippen LogP contribution is 2.29. The van der Waals surface area contributed by atoms with Gasteiger partial charge in [0.25, 0.3) is 0 Å². The number of hydrogen-bond acceptors (Lipinski definition) is 5. The van der Waals surface area contributed by atoms with Crippen LogP contribution in [0, 0.1) is 6.92 Å². The van der Waals surface area contributed by atoms with Crippen molar-refractivity contribution in [3.8, 4) is 0 Å². The summed E-state index contributed by atoms with van der Waals surface area (Å²) in [5, 5.41) is 4.68. The molecule has 0 bridgehead atoms. The van der Waals surface area contributed by atoms with Crippen molar-refractivity contribution in [3.05, 3.63) is 41.3 Å². The van der Waals surface area contributed by atoms with Gasteiger partial charge in [0.05, 0.1) is 10.2 Å². The Morgan fingerprint density at radius 3 is 2.94 bits per heavy atom. The number of thiazole rings is 1. The molecule has 2 heterocycles. The van der Waals surface area contributed by atoms with E-state index in [1.54, 1.807) is 11.3 Å². The molecule has 0 fully saturated rings. The standard InChI is InChI=1S/C12H9ClN4S/c1-7-4-11(15-6-14-7)17-12-16-9-3-2-8(13)5-10(9)18-12/h2-6H,1H3,(H,14,15,16,17). The van der Waals surface area contributed by atoms with Gasteiger partial charge in [-0.3, -0.25) is 0 Å². The van der Waals surface area contributed by atoms with Crippen LogP contribution in [0.3, 0.4) is 0 Å². The number of nitrogens with one attached hydrogen (secondary N) is 1. The third-order valence-corrected chi connectivity index (χ3v) is 3.56. The van der Waals surface area contributed by atoms with Crippen LogP contribution in [0.2, 0.25) is 5.02 Å². The number of aromatic nitrogens is 3. The third-order valence-electron chi connectivity index (χ3n) is 2.39. The van der Waals surface area contributed by atoms with Crippen molar-refractivity contribution in [1.29, 1.82) is 0 Å². The topological polar surface area (TPSA) is 50.7 Å². The van der Waals surface area contributed by atoms with Crippen molar-refractivity contribution in [3.63, 3.8) is 0 Å². The van der Waals surface area contributed by atoms with Crippen LogP contribution in [0.15, 0.2) is 30.6 Å². The molecule has 0 aliphatic heterocycles. The van der Waals surface area contributed by atoms with Crippen molar-refractivity contribution < 1.29 is 0 Å². The van der Waals surface area contributed by atoms with E-state index in [-0.39, 0.29) is 0 Å². The first-order chi connectivity index (χ1) is 8.70. The van der Waals surface area contributed by atoms with E-state index >= 15 is 0 Å². The molecule has 0 atom stereocenters. The Morgan fingerprint density at radius 2 is 2.11 bits per heavy atom.